The lowest BCUT2D eigenvalue weighted by Crippen LogP contribution is -2.00. The SMILES string of the molecule is COc1cc(-c2cn3ccccc3n2)ccc1OCC1CC1. The number of nitrogens with zero attached hydrogens (tertiary/aromatic N) is 2. The Kier molecular flexibility index (Phi) is 3.22. The summed E-state index contributed by atoms with van der Waals surface area (Å²) in [6, 6.07) is 12.0. The molecule has 0 N–H and O–H groups in total. The van der Waals surface area contributed by atoms with Gasteiger partial charge in [0.15, 0.2) is 11.5 Å². The topological polar surface area (TPSA) is 35.8 Å². The zero-order chi connectivity index (χ0) is 14.9. The summed E-state index contributed by atoms with van der Waals surface area (Å²) in [5.41, 5.74) is 2.89. The van der Waals surface area contributed by atoms with E-state index < -0.39 is 0 Å². The Labute approximate surface area is 129 Å². The molecule has 2 aromatic heterocycles. The van der Waals surface area contributed by atoms with Crippen LogP contribution in [0.15, 0.2) is 48.8 Å². The number of ether oxygens (including phenoxy) is 2. The second kappa shape index (κ2) is 5.37. The lowest BCUT2D eigenvalue weighted by molar-refractivity contribution is 0.280. The first-order valence-electron chi connectivity index (χ1n) is 7.58. The van der Waals surface area contributed by atoms with Crippen molar-refractivity contribution >= 4 is 5.65 Å². The maximum absolute atomic E-state index is 5.85. The van der Waals surface area contributed by atoms with Gasteiger partial charge in [-0.3, -0.25) is 0 Å². The van der Waals surface area contributed by atoms with Crippen LogP contribution in [0.3, 0.4) is 0 Å². The fraction of sp³-hybridized carbons (Fsp3) is 0.278. The molecule has 22 heavy (non-hydrogen) atoms. The van der Waals surface area contributed by atoms with Gasteiger partial charge in [0.05, 0.1) is 19.4 Å². The normalized spacial score (nSPS) is 14.2. The van der Waals surface area contributed by atoms with Crippen molar-refractivity contribution in [2.24, 2.45) is 5.92 Å². The largest absolute Gasteiger partial charge is 0.493 e. The quantitative estimate of drug-likeness (QED) is 0.718. The second-order valence-corrected chi connectivity index (χ2v) is 5.71. The van der Waals surface area contributed by atoms with Crippen LogP contribution in [0.25, 0.3) is 16.9 Å². The van der Waals surface area contributed by atoms with Crippen molar-refractivity contribution in [2.75, 3.05) is 13.7 Å². The molecule has 0 saturated heterocycles. The summed E-state index contributed by atoms with van der Waals surface area (Å²) in [5.74, 6) is 2.29. The van der Waals surface area contributed by atoms with Gasteiger partial charge in [-0.2, -0.15) is 0 Å². The van der Waals surface area contributed by atoms with Crippen LogP contribution in [0.2, 0.25) is 0 Å². The number of hydrogen-bond donors (Lipinski definition) is 0. The summed E-state index contributed by atoms with van der Waals surface area (Å²) in [5, 5.41) is 0. The predicted molar refractivity (Wildman–Crippen MR) is 85.4 cm³/mol. The van der Waals surface area contributed by atoms with Gasteiger partial charge >= 0.3 is 0 Å². The molecule has 1 aromatic carbocycles. The predicted octanol–water partition coefficient (Wildman–Crippen LogP) is 3.80. The molecule has 4 rings (SSSR count). The van der Waals surface area contributed by atoms with Gasteiger partial charge in [-0.15, -0.1) is 0 Å². The number of rotatable bonds is 5. The van der Waals surface area contributed by atoms with Crippen molar-refractivity contribution in [3.8, 4) is 22.8 Å². The third-order valence-corrected chi connectivity index (χ3v) is 3.99. The lowest BCUT2D eigenvalue weighted by atomic mass is 10.1. The van der Waals surface area contributed by atoms with Crippen LogP contribution in [0, 0.1) is 5.92 Å². The Morgan fingerprint density at radius 1 is 1.18 bits per heavy atom. The Balaban J connectivity index is 1.65. The highest BCUT2D eigenvalue weighted by atomic mass is 16.5. The molecule has 4 nitrogen and oxygen atoms in total. The lowest BCUT2D eigenvalue weighted by Gasteiger charge is -2.11. The minimum absolute atomic E-state index is 0.725. The van der Waals surface area contributed by atoms with Crippen molar-refractivity contribution in [2.45, 2.75) is 12.8 Å². The van der Waals surface area contributed by atoms with E-state index in [1.807, 2.05) is 53.2 Å². The van der Waals surface area contributed by atoms with Crippen LogP contribution < -0.4 is 9.47 Å². The Morgan fingerprint density at radius 3 is 2.86 bits per heavy atom. The summed E-state index contributed by atoms with van der Waals surface area (Å²) in [4.78, 5) is 4.64. The fourth-order valence-electron chi connectivity index (χ4n) is 2.51. The van der Waals surface area contributed by atoms with Gasteiger partial charge in [0, 0.05) is 18.0 Å². The number of benzene rings is 1. The van der Waals surface area contributed by atoms with Gasteiger partial charge in [-0.25, -0.2) is 4.98 Å². The Morgan fingerprint density at radius 2 is 2.09 bits per heavy atom. The third kappa shape index (κ3) is 2.52. The summed E-state index contributed by atoms with van der Waals surface area (Å²) in [6.45, 7) is 0.782. The first-order valence-corrected chi connectivity index (χ1v) is 7.58. The summed E-state index contributed by atoms with van der Waals surface area (Å²) in [6.07, 6.45) is 6.58. The van der Waals surface area contributed by atoms with Crippen molar-refractivity contribution in [1.29, 1.82) is 0 Å². The molecule has 112 valence electrons. The van der Waals surface area contributed by atoms with Crippen LogP contribution in [-0.4, -0.2) is 23.1 Å². The van der Waals surface area contributed by atoms with Crippen LogP contribution in [0.4, 0.5) is 0 Å². The smallest absolute Gasteiger partial charge is 0.161 e. The zero-order valence-electron chi connectivity index (χ0n) is 12.5. The monoisotopic (exact) mass is 294 g/mol. The van der Waals surface area contributed by atoms with E-state index in [1.165, 1.54) is 12.8 Å². The first kappa shape index (κ1) is 13.2. The van der Waals surface area contributed by atoms with E-state index in [9.17, 15) is 0 Å². The second-order valence-electron chi connectivity index (χ2n) is 5.71. The number of pyridine rings is 1. The molecule has 1 saturated carbocycles. The van der Waals surface area contributed by atoms with Gasteiger partial charge in [0.2, 0.25) is 0 Å². The fourth-order valence-corrected chi connectivity index (χ4v) is 2.51. The number of imidazole rings is 1. The minimum Gasteiger partial charge on any atom is -0.493 e. The van der Waals surface area contributed by atoms with E-state index >= 15 is 0 Å². The van der Waals surface area contributed by atoms with Crippen molar-refractivity contribution in [3.63, 3.8) is 0 Å². The molecular weight excluding hydrogens is 276 g/mol. The van der Waals surface area contributed by atoms with E-state index in [0.717, 1.165) is 40.9 Å². The molecule has 0 atom stereocenters. The average molecular weight is 294 g/mol. The molecule has 0 spiro atoms. The Bertz CT molecular complexity index is 773. The number of methoxy groups -OCH3 is 1. The van der Waals surface area contributed by atoms with Crippen molar-refractivity contribution in [3.05, 3.63) is 48.8 Å². The molecule has 1 aliphatic rings. The molecule has 2 heterocycles. The van der Waals surface area contributed by atoms with E-state index in [4.69, 9.17) is 9.47 Å². The van der Waals surface area contributed by atoms with Crippen LogP contribution in [0.5, 0.6) is 11.5 Å². The maximum atomic E-state index is 5.85. The van der Waals surface area contributed by atoms with Gasteiger partial charge in [-0.05, 0) is 49.1 Å². The maximum Gasteiger partial charge on any atom is 0.161 e. The molecule has 1 fully saturated rings. The molecule has 1 aliphatic carbocycles. The highest BCUT2D eigenvalue weighted by molar-refractivity contribution is 5.66. The zero-order valence-corrected chi connectivity index (χ0v) is 12.5. The van der Waals surface area contributed by atoms with Crippen LogP contribution in [0.1, 0.15) is 12.8 Å². The highest BCUT2D eigenvalue weighted by Gasteiger charge is 2.22. The molecule has 0 amide bonds. The molecule has 0 radical (unpaired) electrons. The van der Waals surface area contributed by atoms with Gasteiger partial charge < -0.3 is 13.9 Å². The number of aromatic nitrogens is 2. The van der Waals surface area contributed by atoms with E-state index in [0.29, 0.717) is 0 Å². The summed E-state index contributed by atoms with van der Waals surface area (Å²) < 4.78 is 13.3. The standard InChI is InChI=1S/C18H18N2O2/c1-21-17-10-14(7-8-16(17)22-12-13-5-6-13)15-11-20-9-3-2-4-18(20)19-15/h2-4,7-11,13H,5-6,12H2,1H3. The van der Waals surface area contributed by atoms with Gasteiger partial charge in [0.1, 0.15) is 5.65 Å². The molecular formula is C18H18N2O2. The van der Waals surface area contributed by atoms with E-state index in [-0.39, 0.29) is 0 Å². The minimum atomic E-state index is 0.725. The Hall–Kier alpha value is -2.49. The molecule has 3 aromatic rings. The molecule has 4 heteroatoms. The average Bonchev–Trinajstić information content (AvgIpc) is 3.29. The number of hydrogen-bond acceptors (Lipinski definition) is 3. The van der Waals surface area contributed by atoms with Crippen molar-refractivity contribution in [1.82, 2.24) is 9.38 Å². The summed E-state index contributed by atoms with van der Waals surface area (Å²) >= 11 is 0. The first-order chi connectivity index (χ1) is 10.8. The molecule has 0 bridgehead atoms. The number of fused-ring (bicyclic) bond motifs is 1. The summed E-state index contributed by atoms with van der Waals surface area (Å²) in [7, 11) is 1.67. The van der Waals surface area contributed by atoms with E-state index in [1.54, 1.807) is 7.11 Å². The molecule has 0 unspecified atom stereocenters. The van der Waals surface area contributed by atoms with Gasteiger partial charge in [-0.1, -0.05) is 6.07 Å². The van der Waals surface area contributed by atoms with Crippen LogP contribution in [-0.2, 0) is 0 Å². The molecule has 0 aliphatic heterocycles. The van der Waals surface area contributed by atoms with Crippen molar-refractivity contribution < 1.29 is 9.47 Å². The van der Waals surface area contributed by atoms with E-state index in [2.05, 4.69) is 4.98 Å². The third-order valence-electron chi connectivity index (χ3n) is 3.99. The van der Waals surface area contributed by atoms with Crippen LogP contribution >= 0.6 is 0 Å². The highest BCUT2D eigenvalue weighted by Crippen LogP contribution is 2.35. The van der Waals surface area contributed by atoms with Gasteiger partial charge in [0.25, 0.3) is 0 Å².